The molecule has 0 amide bonds. The van der Waals surface area contributed by atoms with Gasteiger partial charge < -0.3 is 4.74 Å². The van der Waals surface area contributed by atoms with Crippen molar-refractivity contribution in [2.24, 2.45) is 0 Å². The van der Waals surface area contributed by atoms with Gasteiger partial charge in [-0.05, 0) is 19.1 Å². The molecule has 2 aromatic rings. The van der Waals surface area contributed by atoms with Gasteiger partial charge in [-0.3, -0.25) is 4.79 Å². The average Bonchev–Trinajstić information content (AvgIpc) is 2.42. The molecular formula is C14H12ClFN2O2. The number of hydrogen-bond acceptors (Lipinski definition) is 4. The molecule has 0 fully saturated rings. The van der Waals surface area contributed by atoms with Gasteiger partial charge in [0.1, 0.15) is 11.0 Å². The van der Waals surface area contributed by atoms with Gasteiger partial charge in [0.2, 0.25) is 0 Å². The fourth-order valence-corrected chi connectivity index (χ4v) is 2.02. The molecule has 1 aromatic heterocycles. The summed E-state index contributed by atoms with van der Waals surface area (Å²) < 4.78 is 17.8. The van der Waals surface area contributed by atoms with E-state index in [1.807, 2.05) is 0 Å². The number of ether oxygens (including phenoxy) is 1. The van der Waals surface area contributed by atoms with E-state index in [0.717, 1.165) is 0 Å². The largest absolute Gasteiger partial charge is 0.469 e. The SMILES string of the molecule is COC(=O)Cc1c(C)nc(-c2cccc(F)c2)nc1Cl. The molecule has 0 radical (unpaired) electrons. The lowest BCUT2D eigenvalue weighted by atomic mass is 10.1. The standard InChI is InChI=1S/C14H12ClFN2O2/c1-8-11(7-12(19)20-2)13(15)18-14(17-8)9-4-3-5-10(16)6-9/h3-6H,7H2,1-2H3. The molecule has 4 nitrogen and oxygen atoms in total. The molecule has 0 unspecified atom stereocenters. The normalized spacial score (nSPS) is 10.4. The third kappa shape index (κ3) is 3.11. The van der Waals surface area contributed by atoms with Gasteiger partial charge in [-0.1, -0.05) is 23.7 Å². The van der Waals surface area contributed by atoms with Crippen LogP contribution in [0.25, 0.3) is 11.4 Å². The van der Waals surface area contributed by atoms with E-state index >= 15 is 0 Å². The summed E-state index contributed by atoms with van der Waals surface area (Å²) in [6.07, 6.45) is 0.00456. The highest BCUT2D eigenvalue weighted by atomic mass is 35.5. The van der Waals surface area contributed by atoms with Crippen molar-refractivity contribution in [3.63, 3.8) is 0 Å². The summed E-state index contributed by atoms with van der Waals surface area (Å²) in [5.41, 5.74) is 1.60. The minimum atomic E-state index is -0.419. The van der Waals surface area contributed by atoms with Gasteiger partial charge in [0.25, 0.3) is 0 Å². The molecule has 0 aliphatic rings. The van der Waals surface area contributed by atoms with Crippen LogP contribution in [-0.2, 0) is 16.0 Å². The van der Waals surface area contributed by atoms with Gasteiger partial charge in [-0.15, -0.1) is 0 Å². The Morgan fingerprint density at radius 2 is 2.15 bits per heavy atom. The highest BCUT2D eigenvalue weighted by Gasteiger charge is 2.15. The van der Waals surface area contributed by atoms with Gasteiger partial charge in [0.05, 0.1) is 13.5 Å². The Morgan fingerprint density at radius 3 is 2.75 bits per heavy atom. The van der Waals surface area contributed by atoms with E-state index in [9.17, 15) is 9.18 Å². The highest BCUT2D eigenvalue weighted by molar-refractivity contribution is 6.30. The van der Waals surface area contributed by atoms with Crippen LogP contribution >= 0.6 is 11.6 Å². The predicted molar refractivity (Wildman–Crippen MR) is 72.9 cm³/mol. The van der Waals surface area contributed by atoms with Crippen LogP contribution in [0.2, 0.25) is 5.15 Å². The topological polar surface area (TPSA) is 52.1 Å². The fourth-order valence-electron chi connectivity index (χ4n) is 1.74. The van der Waals surface area contributed by atoms with Crippen molar-refractivity contribution in [3.8, 4) is 11.4 Å². The Labute approximate surface area is 120 Å². The third-order valence-electron chi connectivity index (χ3n) is 2.80. The Bertz CT molecular complexity index is 638. The molecular weight excluding hydrogens is 283 g/mol. The Morgan fingerprint density at radius 1 is 1.40 bits per heavy atom. The number of aryl methyl sites for hydroxylation is 1. The zero-order chi connectivity index (χ0) is 14.7. The van der Waals surface area contributed by atoms with E-state index in [2.05, 4.69) is 14.7 Å². The number of halogens is 2. The van der Waals surface area contributed by atoms with Crippen LogP contribution in [0.3, 0.4) is 0 Å². The number of hydrogen-bond donors (Lipinski definition) is 0. The molecule has 104 valence electrons. The van der Waals surface area contributed by atoms with Crippen LogP contribution in [-0.4, -0.2) is 23.0 Å². The fraction of sp³-hybridized carbons (Fsp3) is 0.214. The van der Waals surface area contributed by atoms with Crippen molar-refractivity contribution in [2.45, 2.75) is 13.3 Å². The van der Waals surface area contributed by atoms with Crippen LogP contribution in [0.4, 0.5) is 4.39 Å². The van der Waals surface area contributed by atoms with Gasteiger partial charge in [0.15, 0.2) is 5.82 Å². The summed E-state index contributed by atoms with van der Waals surface area (Å²) >= 11 is 6.07. The summed E-state index contributed by atoms with van der Waals surface area (Å²) in [6.45, 7) is 1.72. The maximum Gasteiger partial charge on any atom is 0.310 e. The van der Waals surface area contributed by atoms with Gasteiger partial charge >= 0.3 is 5.97 Å². The lowest BCUT2D eigenvalue weighted by molar-refractivity contribution is -0.139. The molecule has 0 aliphatic heterocycles. The van der Waals surface area contributed by atoms with Crippen molar-refractivity contribution in [1.29, 1.82) is 0 Å². The van der Waals surface area contributed by atoms with Crippen molar-refractivity contribution in [2.75, 3.05) is 7.11 Å². The van der Waals surface area contributed by atoms with Crippen LogP contribution < -0.4 is 0 Å². The van der Waals surface area contributed by atoms with Crippen LogP contribution in [0.5, 0.6) is 0 Å². The number of rotatable bonds is 3. The lowest BCUT2D eigenvalue weighted by Crippen LogP contribution is -2.09. The highest BCUT2D eigenvalue weighted by Crippen LogP contribution is 2.23. The summed E-state index contributed by atoms with van der Waals surface area (Å²) in [5, 5.41) is 0.169. The van der Waals surface area contributed by atoms with E-state index < -0.39 is 5.97 Å². The van der Waals surface area contributed by atoms with Crippen LogP contribution in [0.15, 0.2) is 24.3 Å². The Kier molecular flexibility index (Phi) is 4.29. The zero-order valence-electron chi connectivity index (χ0n) is 11.0. The van der Waals surface area contributed by atoms with E-state index in [4.69, 9.17) is 11.6 Å². The Balaban J connectivity index is 2.42. The molecule has 2 rings (SSSR count). The van der Waals surface area contributed by atoms with E-state index in [-0.39, 0.29) is 17.4 Å². The summed E-state index contributed by atoms with van der Waals surface area (Å²) in [7, 11) is 1.30. The molecule has 20 heavy (non-hydrogen) atoms. The molecule has 6 heteroatoms. The second-order valence-corrected chi connectivity index (χ2v) is 4.52. The molecule has 0 bridgehead atoms. The summed E-state index contributed by atoms with van der Waals surface area (Å²) in [6, 6.07) is 5.92. The molecule has 0 saturated carbocycles. The quantitative estimate of drug-likeness (QED) is 0.645. The predicted octanol–water partition coefficient (Wildman–Crippen LogP) is 2.96. The molecule has 1 aromatic carbocycles. The van der Waals surface area contributed by atoms with Gasteiger partial charge in [-0.25, -0.2) is 14.4 Å². The minimum Gasteiger partial charge on any atom is -0.469 e. The van der Waals surface area contributed by atoms with Crippen LogP contribution in [0, 0.1) is 12.7 Å². The number of nitrogens with zero attached hydrogens (tertiary/aromatic N) is 2. The van der Waals surface area contributed by atoms with E-state index in [1.165, 1.54) is 19.2 Å². The number of benzene rings is 1. The van der Waals surface area contributed by atoms with Crippen molar-refractivity contribution in [3.05, 3.63) is 46.5 Å². The van der Waals surface area contributed by atoms with E-state index in [0.29, 0.717) is 22.6 Å². The van der Waals surface area contributed by atoms with Crippen molar-refractivity contribution >= 4 is 17.6 Å². The van der Waals surface area contributed by atoms with E-state index in [1.54, 1.807) is 19.1 Å². The second-order valence-electron chi connectivity index (χ2n) is 4.17. The van der Waals surface area contributed by atoms with Crippen LogP contribution in [0.1, 0.15) is 11.3 Å². The first-order valence-electron chi connectivity index (χ1n) is 5.87. The first kappa shape index (κ1) is 14.4. The molecule has 0 saturated heterocycles. The van der Waals surface area contributed by atoms with Crippen molar-refractivity contribution in [1.82, 2.24) is 9.97 Å². The summed E-state index contributed by atoms with van der Waals surface area (Å²) in [4.78, 5) is 19.7. The molecule has 1 heterocycles. The number of aromatic nitrogens is 2. The molecule has 0 atom stereocenters. The monoisotopic (exact) mass is 294 g/mol. The Hall–Kier alpha value is -2.01. The minimum absolute atomic E-state index is 0.00456. The number of methoxy groups -OCH3 is 1. The zero-order valence-corrected chi connectivity index (χ0v) is 11.7. The molecule has 0 N–H and O–H groups in total. The number of carbonyl (C=O) groups is 1. The molecule has 0 spiro atoms. The lowest BCUT2D eigenvalue weighted by Gasteiger charge is -2.09. The maximum atomic E-state index is 13.2. The van der Waals surface area contributed by atoms with Gasteiger partial charge in [0, 0.05) is 16.8 Å². The number of carbonyl (C=O) groups excluding carboxylic acids is 1. The van der Waals surface area contributed by atoms with Crippen molar-refractivity contribution < 1.29 is 13.9 Å². The van der Waals surface area contributed by atoms with Gasteiger partial charge in [-0.2, -0.15) is 0 Å². The smallest absolute Gasteiger partial charge is 0.310 e. The maximum absolute atomic E-state index is 13.2. The first-order chi connectivity index (χ1) is 9.51. The third-order valence-corrected chi connectivity index (χ3v) is 3.11. The summed E-state index contributed by atoms with van der Waals surface area (Å²) in [5.74, 6) is -0.476. The first-order valence-corrected chi connectivity index (χ1v) is 6.25. The number of esters is 1. The second kappa shape index (κ2) is 5.96. The average molecular weight is 295 g/mol. The molecule has 0 aliphatic carbocycles.